The zero-order valence-corrected chi connectivity index (χ0v) is 18.7. The number of rotatable bonds is 14. The van der Waals surface area contributed by atoms with Crippen LogP contribution in [0.2, 0.25) is 0 Å². The Morgan fingerprint density at radius 2 is 1.45 bits per heavy atom. The van der Waals surface area contributed by atoms with Crippen LogP contribution in [0.4, 0.5) is 17.1 Å². The molecule has 0 heterocycles. The second-order valence-electron chi connectivity index (χ2n) is 7.57. The molecule has 2 aromatic rings. The van der Waals surface area contributed by atoms with Gasteiger partial charge in [-0.3, -0.25) is 9.59 Å². The highest BCUT2D eigenvalue weighted by Crippen LogP contribution is 2.19. The molecular formula is C25H35N3O3. The summed E-state index contributed by atoms with van der Waals surface area (Å²) in [5.74, 6) is 0.592. The molecule has 2 amide bonds. The number of ether oxygens (including phenoxy) is 1. The molecule has 0 saturated carbocycles. The lowest BCUT2D eigenvalue weighted by Gasteiger charge is -2.11. The van der Waals surface area contributed by atoms with Crippen molar-refractivity contribution in [1.82, 2.24) is 0 Å². The third kappa shape index (κ3) is 10.0. The molecule has 2 aromatic carbocycles. The summed E-state index contributed by atoms with van der Waals surface area (Å²) in [7, 11) is 0. The smallest absolute Gasteiger partial charge is 0.243 e. The second-order valence-corrected chi connectivity index (χ2v) is 7.57. The first-order valence-corrected chi connectivity index (χ1v) is 11.3. The number of hydrogen-bond donors (Lipinski definition) is 3. The quantitative estimate of drug-likeness (QED) is 0.333. The van der Waals surface area contributed by atoms with E-state index >= 15 is 0 Å². The highest BCUT2D eigenvalue weighted by Gasteiger charge is 2.05. The minimum absolute atomic E-state index is 0.0135. The van der Waals surface area contributed by atoms with Crippen molar-refractivity contribution in [3.05, 3.63) is 48.5 Å². The molecule has 0 fully saturated rings. The molecule has 6 heteroatoms. The number of amides is 2. The average molecular weight is 426 g/mol. The number of carbonyl (C=O) groups excluding carboxylic acids is 2. The summed E-state index contributed by atoms with van der Waals surface area (Å²) in [4.78, 5) is 24.1. The van der Waals surface area contributed by atoms with Crippen molar-refractivity contribution in [3.63, 3.8) is 0 Å². The molecule has 2 rings (SSSR count). The minimum atomic E-state index is -0.155. The summed E-state index contributed by atoms with van der Waals surface area (Å²) < 4.78 is 5.80. The van der Waals surface area contributed by atoms with E-state index in [9.17, 15) is 9.59 Å². The number of nitrogens with one attached hydrogen (secondary N) is 3. The van der Waals surface area contributed by atoms with E-state index in [-0.39, 0.29) is 18.4 Å². The van der Waals surface area contributed by atoms with Crippen molar-refractivity contribution >= 4 is 28.9 Å². The van der Waals surface area contributed by atoms with Gasteiger partial charge in [-0.15, -0.1) is 0 Å². The number of carbonyl (C=O) groups is 2. The molecule has 31 heavy (non-hydrogen) atoms. The Morgan fingerprint density at radius 3 is 2.23 bits per heavy atom. The first-order valence-electron chi connectivity index (χ1n) is 11.3. The van der Waals surface area contributed by atoms with E-state index in [4.69, 9.17) is 4.74 Å². The molecule has 0 aliphatic rings. The van der Waals surface area contributed by atoms with E-state index in [1.807, 2.05) is 55.5 Å². The number of hydrogen-bond acceptors (Lipinski definition) is 4. The monoisotopic (exact) mass is 425 g/mol. The van der Waals surface area contributed by atoms with Crippen LogP contribution in [0.3, 0.4) is 0 Å². The number of benzene rings is 2. The Kier molecular flexibility index (Phi) is 11.0. The summed E-state index contributed by atoms with van der Waals surface area (Å²) in [5.41, 5.74) is 2.18. The zero-order valence-electron chi connectivity index (χ0n) is 18.7. The van der Waals surface area contributed by atoms with Crippen LogP contribution in [0.25, 0.3) is 0 Å². The molecule has 3 N–H and O–H groups in total. The Balaban J connectivity index is 1.76. The maximum atomic E-state index is 12.3. The predicted molar refractivity (Wildman–Crippen MR) is 128 cm³/mol. The largest absolute Gasteiger partial charge is 0.494 e. The van der Waals surface area contributed by atoms with Crippen LogP contribution in [0.15, 0.2) is 48.5 Å². The first kappa shape index (κ1) is 24.3. The van der Waals surface area contributed by atoms with Crippen LogP contribution in [-0.2, 0) is 9.59 Å². The zero-order chi connectivity index (χ0) is 22.3. The SMILES string of the molecule is CCCCCCCOc1cccc(NC(=O)CNc2cccc(NC(=O)CCC)c2)c1. The second kappa shape index (κ2) is 14.1. The van der Waals surface area contributed by atoms with Gasteiger partial charge in [0.25, 0.3) is 0 Å². The molecule has 0 spiro atoms. The van der Waals surface area contributed by atoms with Crippen molar-refractivity contribution in [2.24, 2.45) is 0 Å². The van der Waals surface area contributed by atoms with Gasteiger partial charge in [-0.05, 0) is 43.2 Å². The Hall–Kier alpha value is -3.02. The highest BCUT2D eigenvalue weighted by molar-refractivity contribution is 5.94. The van der Waals surface area contributed by atoms with Gasteiger partial charge in [-0.25, -0.2) is 0 Å². The molecule has 0 aliphatic carbocycles. The summed E-state index contributed by atoms with van der Waals surface area (Å²) in [5, 5.41) is 8.83. The van der Waals surface area contributed by atoms with Crippen molar-refractivity contribution in [2.45, 2.75) is 58.8 Å². The predicted octanol–water partition coefficient (Wildman–Crippen LogP) is 5.83. The van der Waals surface area contributed by atoms with Gasteiger partial charge in [-0.2, -0.15) is 0 Å². The van der Waals surface area contributed by atoms with Gasteiger partial charge in [0.05, 0.1) is 13.2 Å². The van der Waals surface area contributed by atoms with Crippen LogP contribution < -0.4 is 20.7 Å². The molecule has 0 aromatic heterocycles. The van der Waals surface area contributed by atoms with Crippen molar-refractivity contribution in [3.8, 4) is 5.75 Å². The van der Waals surface area contributed by atoms with E-state index in [0.29, 0.717) is 24.4 Å². The minimum Gasteiger partial charge on any atom is -0.494 e. The summed E-state index contributed by atoms with van der Waals surface area (Å²) in [6.45, 7) is 4.98. The summed E-state index contributed by atoms with van der Waals surface area (Å²) >= 11 is 0. The fraction of sp³-hybridized carbons (Fsp3) is 0.440. The lowest BCUT2D eigenvalue weighted by Crippen LogP contribution is -2.21. The fourth-order valence-corrected chi connectivity index (χ4v) is 3.10. The van der Waals surface area contributed by atoms with E-state index in [1.54, 1.807) is 0 Å². The van der Waals surface area contributed by atoms with Crippen molar-refractivity contribution in [1.29, 1.82) is 0 Å². The number of anilines is 3. The third-order valence-corrected chi connectivity index (χ3v) is 4.71. The highest BCUT2D eigenvalue weighted by atomic mass is 16.5. The van der Waals surface area contributed by atoms with Gasteiger partial charge in [0.15, 0.2) is 0 Å². The normalized spacial score (nSPS) is 10.4. The molecule has 0 saturated heterocycles. The van der Waals surface area contributed by atoms with Gasteiger partial charge in [0.2, 0.25) is 11.8 Å². The third-order valence-electron chi connectivity index (χ3n) is 4.71. The van der Waals surface area contributed by atoms with Gasteiger partial charge in [0.1, 0.15) is 5.75 Å². The van der Waals surface area contributed by atoms with Crippen LogP contribution in [-0.4, -0.2) is 25.0 Å². The standard InChI is InChI=1S/C25H35N3O3/c1-3-5-6-7-8-16-31-23-15-10-14-22(18-23)28-25(30)19-26-20-12-9-13-21(17-20)27-24(29)11-4-2/h9-10,12-15,17-18,26H,3-8,11,16,19H2,1-2H3,(H,27,29)(H,28,30). The van der Waals surface area contributed by atoms with Gasteiger partial charge < -0.3 is 20.7 Å². The van der Waals surface area contributed by atoms with E-state index in [1.165, 1.54) is 25.7 Å². The molecule has 0 aliphatic heterocycles. The molecule has 0 unspecified atom stereocenters. The summed E-state index contributed by atoms with van der Waals surface area (Å²) in [6.07, 6.45) is 7.26. The van der Waals surface area contributed by atoms with E-state index < -0.39 is 0 Å². The lowest BCUT2D eigenvalue weighted by molar-refractivity contribution is -0.116. The van der Waals surface area contributed by atoms with Crippen LogP contribution in [0.5, 0.6) is 5.75 Å². The fourth-order valence-electron chi connectivity index (χ4n) is 3.10. The van der Waals surface area contributed by atoms with Crippen LogP contribution in [0, 0.1) is 0 Å². The Bertz CT molecular complexity index is 823. The lowest BCUT2D eigenvalue weighted by atomic mass is 10.2. The molecule has 0 atom stereocenters. The topological polar surface area (TPSA) is 79.5 Å². The molecule has 6 nitrogen and oxygen atoms in total. The van der Waals surface area contributed by atoms with E-state index in [2.05, 4.69) is 22.9 Å². The van der Waals surface area contributed by atoms with Gasteiger partial charge in [0, 0.05) is 29.5 Å². The van der Waals surface area contributed by atoms with Crippen molar-refractivity contribution < 1.29 is 14.3 Å². The number of unbranched alkanes of at least 4 members (excludes halogenated alkanes) is 4. The Morgan fingerprint density at radius 1 is 0.774 bits per heavy atom. The van der Waals surface area contributed by atoms with Gasteiger partial charge >= 0.3 is 0 Å². The maximum Gasteiger partial charge on any atom is 0.243 e. The van der Waals surface area contributed by atoms with Crippen LogP contribution >= 0.6 is 0 Å². The maximum absolute atomic E-state index is 12.3. The average Bonchev–Trinajstić information content (AvgIpc) is 2.75. The Labute approximate surface area is 185 Å². The molecular weight excluding hydrogens is 390 g/mol. The van der Waals surface area contributed by atoms with E-state index in [0.717, 1.165) is 24.3 Å². The first-order chi connectivity index (χ1) is 15.1. The molecule has 168 valence electrons. The molecule has 0 bridgehead atoms. The molecule has 0 radical (unpaired) electrons. The van der Waals surface area contributed by atoms with Gasteiger partial charge in [-0.1, -0.05) is 51.7 Å². The van der Waals surface area contributed by atoms with Crippen LogP contribution in [0.1, 0.15) is 58.8 Å². The van der Waals surface area contributed by atoms with Crippen molar-refractivity contribution in [2.75, 3.05) is 29.1 Å². The summed E-state index contributed by atoms with van der Waals surface area (Å²) in [6, 6.07) is 14.8.